The number of aliphatic imine (C=N–C) groups is 2. The van der Waals surface area contributed by atoms with Crippen LogP contribution in [0.5, 0.6) is 0 Å². The lowest BCUT2D eigenvalue weighted by Gasteiger charge is -2.31. The highest BCUT2D eigenvalue weighted by molar-refractivity contribution is 5.98. The molecule has 22 heteroatoms. The molecule has 0 unspecified atom stereocenters. The highest BCUT2D eigenvalue weighted by Crippen LogP contribution is 2.21. The van der Waals surface area contributed by atoms with Gasteiger partial charge in [0.25, 0.3) is 0 Å². The summed E-state index contributed by atoms with van der Waals surface area (Å²) in [4.78, 5) is 115. The van der Waals surface area contributed by atoms with Crippen molar-refractivity contribution in [2.24, 2.45) is 44.4 Å². The zero-order chi connectivity index (χ0) is 46.5. The van der Waals surface area contributed by atoms with Crippen LogP contribution in [0.3, 0.4) is 0 Å². The van der Waals surface area contributed by atoms with Crippen LogP contribution in [0.2, 0.25) is 0 Å². The number of guanidine groups is 2. The van der Waals surface area contributed by atoms with Gasteiger partial charge in [0.05, 0.1) is 6.42 Å². The summed E-state index contributed by atoms with van der Waals surface area (Å²) in [6, 6.07) is 10.5. The number of nitrogens with zero attached hydrogens (tertiary/aromatic N) is 3. The Balaban J connectivity index is 1.90. The molecule has 3 rings (SSSR count). The van der Waals surface area contributed by atoms with Crippen molar-refractivity contribution in [3.8, 4) is 0 Å². The molecule has 17 N–H and O–H groups in total. The van der Waals surface area contributed by atoms with Crippen LogP contribution in [0.25, 0.3) is 0 Å². The molecule has 0 aromatic heterocycles. The van der Waals surface area contributed by atoms with E-state index in [0.717, 1.165) is 5.56 Å². The van der Waals surface area contributed by atoms with Crippen molar-refractivity contribution in [1.29, 1.82) is 0 Å². The minimum absolute atomic E-state index is 0.0168. The fraction of sp³-hybridized carbons (Fsp3) is 0.463. The third-order valence-corrected chi connectivity index (χ3v) is 9.93. The predicted octanol–water partition coefficient (Wildman–Crippen LogP) is -3.63. The number of likely N-dealkylation sites (tertiary alicyclic amines) is 1. The molecule has 0 bridgehead atoms. The minimum atomic E-state index is -1.46. The van der Waals surface area contributed by atoms with E-state index in [1.54, 1.807) is 54.6 Å². The van der Waals surface area contributed by atoms with Crippen molar-refractivity contribution in [3.05, 3.63) is 71.8 Å². The number of amides is 8. The molecule has 1 fully saturated rings. The van der Waals surface area contributed by atoms with Crippen LogP contribution < -0.4 is 61.0 Å². The quantitative estimate of drug-likeness (QED) is 0.0262. The van der Waals surface area contributed by atoms with Crippen LogP contribution >= 0.6 is 0 Å². The van der Waals surface area contributed by atoms with Crippen molar-refractivity contribution < 1.29 is 38.4 Å². The average Bonchev–Trinajstić information content (AvgIpc) is 3.72. The molecular weight excluding hydrogens is 817 g/mol. The molecule has 63 heavy (non-hydrogen) atoms. The van der Waals surface area contributed by atoms with Gasteiger partial charge in [0.2, 0.25) is 47.3 Å². The maximum Gasteiger partial charge on any atom is 0.245 e. The summed E-state index contributed by atoms with van der Waals surface area (Å²) in [5.41, 5.74) is 34.0. The van der Waals surface area contributed by atoms with Gasteiger partial charge >= 0.3 is 0 Å². The lowest BCUT2D eigenvalue weighted by molar-refractivity contribution is -0.142. The fourth-order valence-electron chi connectivity index (χ4n) is 6.91. The highest BCUT2D eigenvalue weighted by atomic mass is 16.2. The van der Waals surface area contributed by atoms with Gasteiger partial charge in [0, 0.05) is 39.4 Å². The van der Waals surface area contributed by atoms with E-state index in [2.05, 4.69) is 36.6 Å². The molecule has 1 heterocycles. The molecule has 22 nitrogen and oxygen atoms in total. The van der Waals surface area contributed by atoms with E-state index in [4.69, 9.17) is 34.4 Å². The molecule has 6 atom stereocenters. The van der Waals surface area contributed by atoms with E-state index >= 15 is 0 Å². The second-order valence-electron chi connectivity index (χ2n) is 15.0. The van der Waals surface area contributed by atoms with Crippen LogP contribution in [0.4, 0.5) is 0 Å². The monoisotopic (exact) mass is 876 g/mol. The molecule has 0 spiro atoms. The maximum absolute atomic E-state index is 14.5. The first kappa shape index (κ1) is 50.1. The summed E-state index contributed by atoms with van der Waals surface area (Å²) in [7, 11) is 0. The number of hydrogen-bond donors (Lipinski definition) is 11. The minimum Gasteiger partial charge on any atom is -0.370 e. The largest absolute Gasteiger partial charge is 0.370 e. The van der Waals surface area contributed by atoms with Gasteiger partial charge in [-0.05, 0) is 49.7 Å². The Morgan fingerprint density at radius 3 is 1.56 bits per heavy atom. The van der Waals surface area contributed by atoms with Gasteiger partial charge in [0.15, 0.2) is 11.9 Å². The van der Waals surface area contributed by atoms with Crippen molar-refractivity contribution in [3.63, 3.8) is 0 Å². The van der Waals surface area contributed by atoms with Gasteiger partial charge < -0.3 is 65.9 Å². The maximum atomic E-state index is 14.5. The van der Waals surface area contributed by atoms with Crippen LogP contribution in [0, 0.1) is 0 Å². The molecule has 0 radical (unpaired) electrons. The van der Waals surface area contributed by atoms with E-state index in [1.165, 1.54) is 11.8 Å². The summed E-state index contributed by atoms with van der Waals surface area (Å²) in [5, 5.41) is 13.2. The molecule has 8 amide bonds. The number of carbonyl (C=O) groups is 8. The average molecular weight is 877 g/mol. The van der Waals surface area contributed by atoms with Crippen molar-refractivity contribution in [2.45, 2.75) is 101 Å². The number of hydrogen-bond acceptors (Lipinski definition) is 10. The summed E-state index contributed by atoms with van der Waals surface area (Å²) in [6.07, 6.45) is 0.561. The molecule has 2 aromatic carbocycles. The second kappa shape index (κ2) is 25.5. The number of rotatable bonds is 25. The summed E-state index contributed by atoms with van der Waals surface area (Å²) < 4.78 is 0. The fourth-order valence-corrected chi connectivity index (χ4v) is 6.91. The molecule has 2 aromatic rings. The van der Waals surface area contributed by atoms with Crippen molar-refractivity contribution >= 4 is 59.2 Å². The van der Waals surface area contributed by atoms with Crippen LogP contribution in [-0.2, 0) is 51.2 Å². The molecule has 1 aliphatic rings. The van der Waals surface area contributed by atoms with E-state index in [0.29, 0.717) is 12.0 Å². The Bertz CT molecular complexity index is 1960. The molecule has 1 aliphatic heterocycles. The van der Waals surface area contributed by atoms with Crippen molar-refractivity contribution in [2.75, 3.05) is 19.6 Å². The second-order valence-corrected chi connectivity index (χ2v) is 15.0. The Hall–Kier alpha value is -7.26. The lowest BCUT2D eigenvalue weighted by Crippen LogP contribution is -2.59. The normalized spacial score (nSPS) is 15.5. The molecule has 1 saturated heterocycles. The van der Waals surface area contributed by atoms with E-state index in [-0.39, 0.29) is 76.5 Å². The summed E-state index contributed by atoms with van der Waals surface area (Å²) >= 11 is 0. The van der Waals surface area contributed by atoms with Gasteiger partial charge in [-0.25, -0.2) is 0 Å². The first-order valence-electron chi connectivity index (χ1n) is 20.5. The van der Waals surface area contributed by atoms with Crippen molar-refractivity contribution in [1.82, 2.24) is 31.5 Å². The number of carbonyl (C=O) groups excluding carboxylic acids is 8. The number of benzene rings is 2. The van der Waals surface area contributed by atoms with E-state index in [1.807, 2.05) is 6.07 Å². The smallest absolute Gasteiger partial charge is 0.245 e. The molecule has 342 valence electrons. The SMILES string of the molecule is CC(=O)N[C@@H](Cc1ccccc1)C(=O)N[C@@H](Cc1ccccc1)C(=O)N[C@@H](CCCN=C(N)N)C(=O)N1CCC[C@H]1C(=O)N[C@@H](CCCN=C(N)N)C(=O)N[C@@H](CC(N)=O)C(N)=O. The third kappa shape index (κ3) is 17.7. The highest BCUT2D eigenvalue weighted by Gasteiger charge is 2.40. The Labute approximate surface area is 365 Å². The zero-order valence-electron chi connectivity index (χ0n) is 35.3. The Morgan fingerprint density at radius 2 is 1.08 bits per heavy atom. The first-order chi connectivity index (χ1) is 29.9. The first-order valence-corrected chi connectivity index (χ1v) is 20.5. The third-order valence-electron chi connectivity index (χ3n) is 9.93. The van der Waals surface area contributed by atoms with E-state index < -0.39 is 89.9 Å². The lowest BCUT2D eigenvalue weighted by atomic mass is 10.0. The van der Waals surface area contributed by atoms with Gasteiger partial charge in [-0.1, -0.05) is 60.7 Å². The van der Waals surface area contributed by atoms with Crippen LogP contribution in [-0.4, -0.2) is 120 Å². The molecule has 0 saturated carbocycles. The Kier molecular flexibility index (Phi) is 20.3. The van der Waals surface area contributed by atoms with Gasteiger partial charge in [-0.3, -0.25) is 48.3 Å². The summed E-state index contributed by atoms with van der Waals surface area (Å²) in [5.74, 6) is -6.30. The standard InChI is InChI=1S/C41H60N14O8/c1-24(56)50-30(21-25-11-4-2-5-12-25)36(60)54-31(22-26-13-6-3-7-14-26)37(61)52-28(16-9-19-49-41(46)47)39(63)55-20-10-17-32(55)38(62)51-27(15-8-18-48-40(44)45)35(59)53-29(34(43)58)23-33(42)57/h2-7,11-14,27-32H,8-10,15-23H2,1H3,(H2,42,57)(H2,43,58)(H,50,56)(H,51,62)(H,52,61)(H,53,59)(H,54,60)(H4,44,45,48)(H4,46,47,49)/t27-,28-,29-,30-,31-,32-/m0/s1. The predicted molar refractivity (Wildman–Crippen MR) is 233 cm³/mol. The zero-order valence-corrected chi connectivity index (χ0v) is 35.3. The topological polar surface area (TPSA) is 381 Å². The van der Waals surface area contributed by atoms with Gasteiger partial charge in [0.1, 0.15) is 36.3 Å². The van der Waals surface area contributed by atoms with E-state index in [9.17, 15) is 38.4 Å². The molecule has 0 aliphatic carbocycles. The van der Waals surface area contributed by atoms with Crippen LogP contribution in [0.1, 0.15) is 63.0 Å². The van der Waals surface area contributed by atoms with Gasteiger partial charge in [-0.2, -0.15) is 0 Å². The summed E-state index contributed by atoms with van der Waals surface area (Å²) in [6.45, 7) is 1.58. The van der Waals surface area contributed by atoms with Gasteiger partial charge in [-0.15, -0.1) is 0 Å². The Morgan fingerprint density at radius 1 is 0.619 bits per heavy atom. The van der Waals surface area contributed by atoms with Crippen LogP contribution in [0.15, 0.2) is 70.6 Å². The number of primary amides is 2. The number of nitrogens with one attached hydrogen (secondary N) is 5. The number of nitrogens with two attached hydrogens (primary N) is 6. The molecular formula is C41H60N14O8.